The van der Waals surface area contributed by atoms with E-state index in [1.165, 1.54) is 0 Å². The van der Waals surface area contributed by atoms with Crippen LogP contribution >= 0.6 is 11.6 Å². The predicted molar refractivity (Wildman–Crippen MR) is 139 cm³/mol. The number of nitrogens with one attached hydrogen (secondary N) is 2. The SMILES string of the molecule is COc1cc2cc(CN(CCc3ccccc3)C(=O)Nc3cccc(Cl)c3)c(=O)[nH]c2cc1OC. The highest BCUT2D eigenvalue weighted by Crippen LogP contribution is 2.31. The van der Waals surface area contributed by atoms with Gasteiger partial charge in [0.25, 0.3) is 5.56 Å². The van der Waals surface area contributed by atoms with Gasteiger partial charge in [-0.1, -0.05) is 48.0 Å². The lowest BCUT2D eigenvalue weighted by atomic mass is 10.1. The van der Waals surface area contributed by atoms with E-state index in [9.17, 15) is 9.59 Å². The van der Waals surface area contributed by atoms with Gasteiger partial charge in [0.05, 0.1) is 26.3 Å². The molecule has 0 aliphatic carbocycles. The number of nitrogens with zero attached hydrogens (tertiary/aromatic N) is 1. The Morgan fingerprint density at radius 3 is 2.43 bits per heavy atom. The molecule has 0 radical (unpaired) electrons. The highest BCUT2D eigenvalue weighted by atomic mass is 35.5. The van der Waals surface area contributed by atoms with Crippen LogP contribution in [0.1, 0.15) is 11.1 Å². The second kappa shape index (κ2) is 11.0. The summed E-state index contributed by atoms with van der Waals surface area (Å²) < 4.78 is 10.7. The lowest BCUT2D eigenvalue weighted by Crippen LogP contribution is -2.37. The van der Waals surface area contributed by atoms with Crippen molar-refractivity contribution in [3.05, 3.63) is 99.3 Å². The summed E-state index contributed by atoms with van der Waals surface area (Å²) in [6, 6.07) is 21.8. The lowest BCUT2D eigenvalue weighted by Gasteiger charge is -2.23. The van der Waals surface area contributed by atoms with Crippen molar-refractivity contribution in [3.8, 4) is 11.5 Å². The Kier molecular flexibility index (Phi) is 7.57. The maximum atomic E-state index is 13.2. The van der Waals surface area contributed by atoms with Gasteiger partial charge in [-0.25, -0.2) is 4.79 Å². The van der Waals surface area contributed by atoms with Gasteiger partial charge in [-0.2, -0.15) is 0 Å². The summed E-state index contributed by atoms with van der Waals surface area (Å²) in [6.45, 7) is 0.540. The first-order valence-corrected chi connectivity index (χ1v) is 11.5. The molecule has 0 unspecified atom stereocenters. The number of carbonyl (C=O) groups excluding carboxylic acids is 1. The van der Waals surface area contributed by atoms with Gasteiger partial charge in [0.15, 0.2) is 11.5 Å². The number of urea groups is 1. The van der Waals surface area contributed by atoms with Crippen LogP contribution in [0, 0.1) is 0 Å². The van der Waals surface area contributed by atoms with Crippen molar-refractivity contribution in [1.29, 1.82) is 0 Å². The summed E-state index contributed by atoms with van der Waals surface area (Å²) in [5.41, 5.74) is 2.48. The van der Waals surface area contributed by atoms with E-state index in [1.807, 2.05) is 30.3 Å². The number of H-pyrrole nitrogens is 1. The van der Waals surface area contributed by atoms with Crippen molar-refractivity contribution in [3.63, 3.8) is 0 Å². The fourth-order valence-electron chi connectivity index (χ4n) is 3.83. The molecule has 4 rings (SSSR count). The number of hydrogen-bond donors (Lipinski definition) is 2. The van der Waals surface area contributed by atoms with Crippen LogP contribution in [-0.2, 0) is 13.0 Å². The van der Waals surface area contributed by atoms with Gasteiger partial charge < -0.3 is 24.7 Å². The molecule has 0 spiro atoms. The van der Waals surface area contributed by atoms with Crippen LogP contribution in [0.2, 0.25) is 5.02 Å². The molecule has 0 aliphatic rings. The van der Waals surface area contributed by atoms with E-state index >= 15 is 0 Å². The average Bonchev–Trinajstić information content (AvgIpc) is 2.86. The smallest absolute Gasteiger partial charge is 0.322 e. The molecule has 1 heterocycles. The Morgan fingerprint density at radius 1 is 0.971 bits per heavy atom. The van der Waals surface area contributed by atoms with Crippen LogP contribution < -0.4 is 20.3 Å². The zero-order valence-corrected chi connectivity index (χ0v) is 20.3. The molecule has 4 aromatic rings. The average molecular weight is 492 g/mol. The zero-order chi connectivity index (χ0) is 24.8. The first-order chi connectivity index (χ1) is 17.0. The second-order valence-electron chi connectivity index (χ2n) is 8.02. The number of aromatic nitrogens is 1. The van der Waals surface area contributed by atoms with Gasteiger partial charge in [0.1, 0.15) is 0 Å². The molecule has 0 atom stereocenters. The second-order valence-corrected chi connectivity index (χ2v) is 8.45. The molecule has 0 saturated carbocycles. The Hall–Kier alpha value is -3.97. The van der Waals surface area contributed by atoms with E-state index < -0.39 is 0 Å². The fraction of sp³-hybridized carbons (Fsp3) is 0.185. The number of halogens is 1. The molecule has 0 aliphatic heterocycles. The van der Waals surface area contributed by atoms with Gasteiger partial charge in [-0.05, 0) is 42.3 Å². The van der Waals surface area contributed by atoms with Crippen LogP contribution in [0.4, 0.5) is 10.5 Å². The third-order valence-corrected chi connectivity index (χ3v) is 5.90. The van der Waals surface area contributed by atoms with Crippen LogP contribution in [0.25, 0.3) is 10.9 Å². The third-order valence-electron chi connectivity index (χ3n) is 5.66. The van der Waals surface area contributed by atoms with E-state index in [4.69, 9.17) is 21.1 Å². The summed E-state index contributed by atoms with van der Waals surface area (Å²) in [5, 5.41) is 4.18. The Bertz CT molecular complexity index is 1390. The summed E-state index contributed by atoms with van der Waals surface area (Å²) in [5.74, 6) is 1.08. The number of methoxy groups -OCH3 is 2. The molecule has 0 fully saturated rings. The number of ether oxygens (including phenoxy) is 2. The minimum absolute atomic E-state index is 0.124. The molecule has 0 bridgehead atoms. The molecule has 2 amide bonds. The number of rotatable bonds is 8. The third kappa shape index (κ3) is 5.94. The molecule has 2 N–H and O–H groups in total. The maximum absolute atomic E-state index is 13.2. The number of fused-ring (bicyclic) bond motifs is 1. The minimum Gasteiger partial charge on any atom is -0.493 e. The number of aromatic amines is 1. The Labute approximate surface area is 208 Å². The fourth-order valence-corrected chi connectivity index (χ4v) is 4.02. The highest BCUT2D eigenvalue weighted by Gasteiger charge is 2.18. The largest absolute Gasteiger partial charge is 0.493 e. The summed E-state index contributed by atoms with van der Waals surface area (Å²) >= 11 is 6.07. The van der Waals surface area contributed by atoms with Crippen molar-refractivity contribution in [2.45, 2.75) is 13.0 Å². The van der Waals surface area contributed by atoms with Gasteiger partial charge in [-0.15, -0.1) is 0 Å². The number of amides is 2. The van der Waals surface area contributed by atoms with E-state index in [0.717, 1.165) is 10.9 Å². The van der Waals surface area contributed by atoms with E-state index in [1.54, 1.807) is 61.6 Å². The molecule has 180 valence electrons. The predicted octanol–water partition coefficient (Wildman–Crippen LogP) is 5.48. The Balaban J connectivity index is 1.63. The van der Waals surface area contributed by atoms with Crippen LogP contribution in [-0.4, -0.2) is 36.7 Å². The summed E-state index contributed by atoms with van der Waals surface area (Å²) in [6.07, 6.45) is 0.639. The maximum Gasteiger partial charge on any atom is 0.322 e. The molecule has 1 aromatic heterocycles. The molecule has 8 heteroatoms. The van der Waals surface area contributed by atoms with Crippen molar-refractivity contribution in [2.24, 2.45) is 0 Å². The topological polar surface area (TPSA) is 83.7 Å². The number of hydrogen-bond acceptors (Lipinski definition) is 4. The molecular weight excluding hydrogens is 466 g/mol. The number of benzene rings is 3. The molecule has 0 saturated heterocycles. The van der Waals surface area contributed by atoms with Gasteiger partial charge in [0, 0.05) is 34.3 Å². The molecule has 35 heavy (non-hydrogen) atoms. The van der Waals surface area contributed by atoms with Crippen molar-refractivity contribution >= 4 is 34.2 Å². The minimum atomic E-state index is -0.324. The number of carbonyl (C=O) groups is 1. The number of pyridine rings is 1. The van der Waals surface area contributed by atoms with Crippen molar-refractivity contribution in [1.82, 2.24) is 9.88 Å². The van der Waals surface area contributed by atoms with Gasteiger partial charge in [-0.3, -0.25) is 4.79 Å². The molecule has 3 aromatic carbocycles. The molecular formula is C27H26ClN3O4. The molecule has 7 nitrogen and oxygen atoms in total. The van der Waals surface area contributed by atoms with E-state index in [2.05, 4.69) is 10.3 Å². The van der Waals surface area contributed by atoms with Crippen molar-refractivity contribution < 1.29 is 14.3 Å². The number of anilines is 1. The van der Waals surface area contributed by atoms with Gasteiger partial charge in [0.2, 0.25) is 0 Å². The lowest BCUT2D eigenvalue weighted by molar-refractivity contribution is 0.209. The van der Waals surface area contributed by atoms with Crippen LogP contribution in [0.5, 0.6) is 11.5 Å². The monoisotopic (exact) mass is 491 g/mol. The summed E-state index contributed by atoms with van der Waals surface area (Å²) in [4.78, 5) is 30.7. The van der Waals surface area contributed by atoms with E-state index in [-0.39, 0.29) is 18.1 Å². The van der Waals surface area contributed by atoms with E-state index in [0.29, 0.717) is 46.3 Å². The Morgan fingerprint density at radius 2 is 1.71 bits per heavy atom. The highest BCUT2D eigenvalue weighted by molar-refractivity contribution is 6.30. The van der Waals surface area contributed by atoms with Gasteiger partial charge >= 0.3 is 6.03 Å². The first kappa shape index (κ1) is 24.2. The standard InChI is InChI=1S/C27H26ClN3O4/c1-34-24-14-19-13-20(26(32)30-23(19)16-25(24)35-2)17-31(12-11-18-7-4-3-5-8-18)27(33)29-22-10-6-9-21(28)15-22/h3-10,13-16H,11-12,17H2,1-2H3,(H,29,33)(H,30,32). The van der Waals surface area contributed by atoms with Crippen molar-refractivity contribution in [2.75, 3.05) is 26.1 Å². The normalized spacial score (nSPS) is 10.7. The summed E-state index contributed by atoms with van der Waals surface area (Å²) in [7, 11) is 3.10. The zero-order valence-electron chi connectivity index (χ0n) is 19.5. The van der Waals surface area contributed by atoms with Crippen LogP contribution in [0.15, 0.2) is 77.6 Å². The van der Waals surface area contributed by atoms with Crippen LogP contribution in [0.3, 0.4) is 0 Å². The first-order valence-electron chi connectivity index (χ1n) is 11.1. The quantitative estimate of drug-likeness (QED) is 0.342.